The molecule has 1 atom stereocenters. The van der Waals surface area contributed by atoms with E-state index in [9.17, 15) is 14.4 Å². The third-order valence-corrected chi connectivity index (χ3v) is 2.04. The molecule has 16 heavy (non-hydrogen) atoms. The van der Waals surface area contributed by atoms with Crippen molar-refractivity contribution in [3.05, 3.63) is 34.2 Å². The molecule has 1 amide bonds. The lowest BCUT2D eigenvalue weighted by molar-refractivity contribution is -0.140. The fourth-order valence-electron chi connectivity index (χ4n) is 0.987. The van der Waals surface area contributed by atoms with E-state index < -0.39 is 17.8 Å². The van der Waals surface area contributed by atoms with Crippen LogP contribution in [0.4, 0.5) is 0 Å². The molecule has 6 heteroatoms. The maximum Gasteiger partial charge on any atom is 0.308 e. The summed E-state index contributed by atoms with van der Waals surface area (Å²) in [5.74, 6) is -2.03. The second-order valence-corrected chi connectivity index (χ2v) is 3.39. The summed E-state index contributed by atoms with van der Waals surface area (Å²) >= 11 is 0. The topological polar surface area (TPSA) is 99.3 Å². The minimum Gasteiger partial charge on any atom is -0.481 e. The first-order valence-corrected chi connectivity index (χ1v) is 4.70. The van der Waals surface area contributed by atoms with Gasteiger partial charge in [0, 0.05) is 18.8 Å². The van der Waals surface area contributed by atoms with Crippen molar-refractivity contribution in [2.75, 3.05) is 6.54 Å². The van der Waals surface area contributed by atoms with Gasteiger partial charge < -0.3 is 15.4 Å². The first kappa shape index (κ1) is 12.0. The summed E-state index contributed by atoms with van der Waals surface area (Å²) in [6, 6.07) is 2.61. The van der Waals surface area contributed by atoms with Gasteiger partial charge in [-0.1, -0.05) is 6.92 Å². The van der Waals surface area contributed by atoms with Crippen LogP contribution < -0.4 is 10.9 Å². The fourth-order valence-corrected chi connectivity index (χ4v) is 0.987. The van der Waals surface area contributed by atoms with Gasteiger partial charge >= 0.3 is 5.97 Å². The number of carboxylic acids is 1. The Bertz CT molecular complexity index is 432. The van der Waals surface area contributed by atoms with Crippen LogP contribution in [0.5, 0.6) is 0 Å². The van der Waals surface area contributed by atoms with Crippen LogP contribution in [0.2, 0.25) is 0 Å². The van der Waals surface area contributed by atoms with Crippen LogP contribution in [0.25, 0.3) is 0 Å². The number of carboxylic acid groups (broad SMARTS) is 1. The van der Waals surface area contributed by atoms with Crippen molar-refractivity contribution >= 4 is 11.9 Å². The number of aromatic nitrogens is 1. The van der Waals surface area contributed by atoms with E-state index in [0.717, 1.165) is 0 Å². The van der Waals surface area contributed by atoms with Crippen LogP contribution in [0.1, 0.15) is 17.3 Å². The van der Waals surface area contributed by atoms with E-state index in [1.54, 1.807) is 0 Å². The second kappa shape index (κ2) is 5.11. The van der Waals surface area contributed by atoms with Gasteiger partial charge in [0.1, 0.15) is 0 Å². The standard InChI is InChI=1S/C10H12N2O4/c1-6(10(15)16)4-12-9(14)7-2-3-8(13)11-5-7/h2-3,5-6H,4H2,1H3,(H,11,13)(H,12,14)(H,15,16). The normalized spacial score (nSPS) is 11.8. The van der Waals surface area contributed by atoms with Crippen molar-refractivity contribution in [3.63, 3.8) is 0 Å². The molecule has 1 aromatic heterocycles. The van der Waals surface area contributed by atoms with E-state index in [4.69, 9.17) is 5.11 Å². The van der Waals surface area contributed by atoms with Gasteiger partial charge in [-0.2, -0.15) is 0 Å². The van der Waals surface area contributed by atoms with Crippen molar-refractivity contribution in [2.24, 2.45) is 5.92 Å². The van der Waals surface area contributed by atoms with Crippen LogP contribution in [0.15, 0.2) is 23.1 Å². The summed E-state index contributed by atoms with van der Waals surface area (Å²) in [7, 11) is 0. The van der Waals surface area contributed by atoms with Crippen molar-refractivity contribution in [1.29, 1.82) is 0 Å². The molecule has 0 aliphatic carbocycles. The highest BCUT2D eigenvalue weighted by Gasteiger charge is 2.12. The molecule has 1 unspecified atom stereocenters. The molecule has 1 rings (SSSR count). The number of carbonyl (C=O) groups excluding carboxylic acids is 1. The Morgan fingerprint density at radius 3 is 2.69 bits per heavy atom. The fraction of sp³-hybridized carbons (Fsp3) is 0.300. The molecule has 86 valence electrons. The van der Waals surface area contributed by atoms with Crippen molar-refractivity contribution in [1.82, 2.24) is 10.3 Å². The van der Waals surface area contributed by atoms with Gasteiger partial charge in [0.2, 0.25) is 5.56 Å². The van der Waals surface area contributed by atoms with E-state index in [2.05, 4.69) is 10.3 Å². The zero-order chi connectivity index (χ0) is 12.1. The Kier molecular flexibility index (Phi) is 3.82. The molecular weight excluding hydrogens is 212 g/mol. The van der Waals surface area contributed by atoms with Gasteiger partial charge in [-0.3, -0.25) is 14.4 Å². The number of pyridine rings is 1. The van der Waals surface area contributed by atoms with E-state index in [-0.39, 0.29) is 17.7 Å². The van der Waals surface area contributed by atoms with Gasteiger partial charge in [0.05, 0.1) is 11.5 Å². The van der Waals surface area contributed by atoms with Crippen LogP contribution in [-0.4, -0.2) is 28.5 Å². The number of hydrogen-bond acceptors (Lipinski definition) is 3. The molecule has 6 nitrogen and oxygen atoms in total. The molecule has 0 saturated carbocycles. The Balaban J connectivity index is 2.56. The van der Waals surface area contributed by atoms with Gasteiger partial charge in [0.15, 0.2) is 0 Å². The minimum atomic E-state index is -0.971. The molecule has 0 spiro atoms. The Hall–Kier alpha value is -2.11. The first-order valence-electron chi connectivity index (χ1n) is 4.70. The number of H-pyrrole nitrogens is 1. The number of carbonyl (C=O) groups is 2. The van der Waals surface area contributed by atoms with E-state index >= 15 is 0 Å². The number of hydrogen-bond donors (Lipinski definition) is 3. The van der Waals surface area contributed by atoms with Crippen LogP contribution in [0.3, 0.4) is 0 Å². The van der Waals surface area contributed by atoms with Crippen molar-refractivity contribution in [2.45, 2.75) is 6.92 Å². The van der Waals surface area contributed by atoms with Gasteiger partial charge in [-0.25, -0.2) is 0 Å². The highest BCUT2D eigenvalue weighted by atomic mass is 16.4. The molecule has 3 N–H and O–H groups in total. The van der Waals surface area contributed by atoms with Crippen LogP contribution in [0, 0.1) is 5.92 Å². The van der Waals surface area contributed by atoms with Gasteiger partial charge in [0.25, 0.3) is 5.91 Å². The number of amides is 1. The maximum absolute atomic E-state index is 11.5. The lowest BCUT2D eigenvalue weighted by Gasteiger charge is -2.07. The van der Waals surface area contributed by atoms with Crippen molar-refractivity contribution < 1.29 is 14.7 Å². The molecule has 0 fully saturated rings. The molecule has 0 radical (unpaired) electrons. The van der Waals surface area contributed by atoms with Crippen LogP contribution in [-0.2, 0) is 4.79 Å². The largest absolute Gasteiger partial charge is 0.481 e. The summed E-state index contributed by atoms with van der Waals surface area (Å²) in [6.45, 7) is 1.54. The molecule has 0 aliphatic rings. The highest BCUT2D eigenvalue weighted by Crippen LogP contribution is 1.96. The van der Waals surface area contributed by atoms with E-state index in [1.165, 1.54) is 25.3 Å². The predicted octanol–water partition coefficient (Wildman–Crippen LogP) is -0.175. The summed E-state index contributed by atoms with van der Waals surface area (Å²) in [6.07, 6.45) is 1.28. The summed E-state index contributed by atoms with van der Waals surface area (Å²) in [5, 5.41) is 11.1. The minimum absolute atomic E-state index is 0.0489. The molecule has 0 aromatic carbocycles. The number of aromatic amines is 1. The van der Waals surface area contributed by atoms with E-state index in [0.29, 0.717) is 0 Å². The smallest absolute Gasteiger partial charge is 0.308 e. The average Bonchev–Trinajstić information content (AvgIpc) is 2.26. The molecule has 0 bridgehead atoms. The number of rotatable bonds is 4. The predicted molar refractivity (Wildman–Crippen MR) is 56.2 cm³/mol. The quantitative estimate of drug-likeness (QED) is 0.660. The van der Waals surface area contributed by atoms with Gasteiger partial charge in [-0.05, 0) is 6.07 Å². The Morgan fingerprint density at radius 1 is 1.50 bits per heavy atom. The molecule has 1 heterocycles. The molecule has 0 saturated heterocycles. The highest BCUT2D eigenvalue weighted by molar-refractivity contribution is 5.94. The lowest BCUT2D eigenvalue weighted by Crippen LogP contribution is -2.31. The molecular formula is C10H12N2O4. The number of aliphatic carboxylic acids is 1. The lowest BCUT2D eigenvalue weighted by atomic mass is 10.2. The monoisotopic (exact) mass is 224 g/mol. The summed E-state index contributed by atoms with van der Waals surface area (Å²) in [4.78, 5) is 35.0. The first-order chi connectivity index (χ1) is 7.50. The van der Waals surface area contributed by atoms with Gasteiger partial charge in [-0.15, -0.1) is 0 Å². The SMILES string of the molecule is CC(CNC(=O)c1ccc(=O)[nH]c1)C(=O)O. The molecule has 0 aliphatic heterocycles. The maximum atomic E-state index is 11.5. The molecule has 1 aromatic rings. The number of nitrogens with one attached hydrogen (secondary N) is 2. The van der Waals surface area contributed by atoms with Crippen LogP contribution >= 0.6 is 0 Å². The summed E-state index contributed by atoms with van der Waals surface area (Å²) < 4.78 is 0. The second-order valence-electron chi connectivity index (χ2n) is 3.39. The zero-order valence-corrected chi connectivity index (χ0v) is 8.69. The zero-order valence-electron chi connectivity index (χ0n) is 8.69. The summed E-state index contributed by atoms with van der Waals surface area (Å²) in [5.41, 5.74) is -0.00681. The van der Waals surface area contributed by atoms with E-state index in [1.807, 2.05) is 0 Å². The third kappa shape index (κ3) is 3.23. The Morgan fingerprint density at radius 2 is 2.19 bits per heavy atom. The van der Waals surface area contributed by atoms with Crippen molar-refractivity contribution in [3.8, 4) is 0 Å². The average molecular weight is 224 g/mol. The third-order valence-electron chi connectivity index (χ3n) is 2.04. The Labute approximate surface area is 91.3 Å².